The van der Waals surface area contributed by atoms with E-state index in [1.807, 2.05) is 54.6 Å². The van der Waals surface area contributed by atoms with Gasteiger partial charge in [-0.1, -0.05) is 42.5 Å². The van der Waals surface area contributed by atoms with E-state index in [0.717, 1.165) is 25.0 Å². The molecule has 0 radical (unpaired) electrons. The Labute approximate surface area is 148 Å². The Bertz CT molecular complexity index is 670. The fourth-order valence-corrected chi connectivity index (χ4v) is 2.78. The molecule has 25 heavy (non-hydrogen) atoms. The first-order chi connectivity index (χ1) is 12.3. The van der Waals surface area contributed by atoms with Crippen LogP contribution in [0, 0.1) is 0 Å². The van der Waals surface area contributed by atoms with Crippen molar-refractivity contribution < 1.29 is 14.3 Å². The molecule has 1 aliphatic rings. The van der Waals surface area contributed by atoms with Crippen molar-refractivity contribution in [2.75, 3.05) is 25.0 Å². The van der Waals surface area contributed by atoms with E-state index >= 15 is 0 Å². The van der Waals surface area contributed by atoms with Crippen LogP contribution in [0.1, 0.15) is 18.4 Å². The number of rotatable bonds is 8. The second-order valence-electron chi connectivity index (χ2n) is 6.08. The van der Waals surface area contributed by atoms with E-state index in [-0.39, 0.29) is 18.6 Å². The van der Waals surface area contributed by atoms with Gasteiger partial charge in [-0.05, 0) is 30.5 Å². The normalized spacial score (nSPS) is 16.6. The molecule has 0 aromatic heterocycles. The lowest BCUT2D eigenvalue weighted by Gasteiger charge is -2.14. The maximum absolute atomic E-state index is 12.1. The fourth-order valence-electron chi connectivity index (χ4n) is 2.78. The summed E-state index contributed by atoms with van der Waals surface area (Å²) >= 11 is 0. The lowest BCUT2D eigenvalue weighted by atomic mass is 10.2. The highest BCUT2D eigenvalue weighted by molar-refractivity contribution is 5.93. The number of hydrogen-bond acceptors (Lipinski definition) is 4. The average molecular weight is 340 g/mol. The number of carbonyl (C=O) groups is 1. The van der Waals surface area contributed by atoms with Crippen molar-refractivity contribution in [2.24, 2.45) is 0 Å². The summed E-state index contributed by atoms with van der Waals surface area (Å²) < 4.78 is 11.4. The van der Waals surface area contributed by atoms with Crippen LogP contribution >= 0.6 is 0 Å². The molecule has 2 aromatic rings. The highest BCUT2D eigenvalue weighted by Gasteiger charge is 2.15. The standard InChI is InChI=1S/C20H24N2O3/c23-20(14-21-13-17-9-6-12-24-17)22-18-10-4-5-11-19(18)25-15-16-7-2-1-3-8-16/h1-5,7-8,10-11,17,21H,6,9,12-15H2,(H,22,23). The molecule has 0 aliphatic carbocycles. The quantitative estimate of drug-likeness (QED) is 0.776. The molecule has 1 saturated heterocycles. The zero-order valence-corrected chi connectivity index (χ0v) is 14.2. The van der Waals surface area contributed by atoms with Crippen LogP contribution in [0.4, 0.5) is 5.69 Å². The van der Waals surface area contributed by atoms with Crippen molar-refractivity contribution in [1.82, 2.24) is 5.32 Å². The molecule has 132 valence electrons. The topological polar surface area (TPSA) is 59.6 Å². The summed E-state index contributed by atoms with van der Waals surface area (Å²) in [5.41, 5.74) is 1.77. The highest BCUT2D eigenvalue weighted by Crippen LogP contribution is 2.24. The Balaban J connectivity index is 1.48. The first kappa shape index (κ1) is 17.5. The van der Waals surface area contributed by atoms with Crippen LogP contribution in [0.15, 0.2) is 54.6 Å². The molecule has 1 amide bonds. The number of para-hydroxylation sites is 2. The molecule has 1 aliphatic heterocycles. The number of nitrogens with one attached hydrogen (secondary N) is 2. The number of anilines is 1. The van der Waals surface area contributed by atoms with Gasteiger partial charge in [0.25, 0.3) is 0 Å². The van der Waals surface area contributed by atoms with Gasteiger partial charge in [0, 0.05) is 13.2 Å². The third-order valence-corrected chi connectivity index (χ3v) is 4.08. The highest BCUT2D eigenvalue weighted by atomic mass is 16.5. The predicted octanol–water partition coefficient (Wildman–Crippen LogP) is 2.97. The third kappa shape index (κ3) is 5.59. The van der Waals surface area contributed by atoms with Crippen LogP contribution in [0.5, 0.6) is 5.75 Å². The summed E-state index contributed by atoms with van der Waals surface area (Å²) in [7, 11) is 0. The maximum atomic E-state index is 12.1. The van der Waals surface area contributed by atoms with E-state index in [1.165, 1.54) is 0 Å². The molecule has 1 unspecified atom stereocenters. The van der Waals surface area contributed by atoms with Gasteiger partial charge >= 0.3 is 0 Å². The smallest absolute Gasteiger partial charge is 0.238 e. The zero-order chi connectivity index (χ0) is 17.3. The Kier molecular flexibility index (Phi) is 6.42. The van der Waals surface area contributed by atoms with Crippen LogP contribution in [0.25, 0.3) is 0 Å². The molecule has 2 N–H and O–H groups in total. The maximum Gasteiger partial charge on any atom is 0.238 e. The van der Waals surface area contributed by atoms with Gasteiger partial charge in [0.05, 0.1) is 18.3 Å². The molecule has 5 heteroatoms. The zero-order valence-electron chi connectivity index (χ0n) is 14.2. The molecule has 5 nitrogen and oxygen atoms in total. The van der Waals surface area contributed by atoms with Gasteiger partial charge in [-0.25, -0.2) is 0 Å². The molecule has 0 spiro atoms. The van der Waals surface area contributed by atoms with E-state index in [1.54, 1.807) is 0 Å². The summed E-state index contributed by atoms with van der Waals surface area (Å²) in [6.45, 7) is 2.25. The minimum atomic E-state index is -0.0891. The molecule has 2 aromatic carbocycles. The fraction of sp³-hybridized carbons (Fsp3) is 0.350. The van der Waals surface area contributed by atoms with Gasteiger partial charge in [0.2, 0.25) is 5.91 Å². The van der Waals surface area contributed by atoms with E-state index in [4.69, 9.17) is 9.47 Å². The van der Waals surface area contributed by atoms with Gasteiger partial charge in [-0.15, -0.1) is 0 Å². The summed E-state index contributed by atoms with van der Waals surface area (Å²) in [6, 6.07) is 17.4. The van der Waals surface area contributed by atoms with E-state index in [0.29, 0.717) is 24.6 Å². The van der Waals surface area contributed by atoms with Gasteiger partial charge in [-0.3, -0.25) is 4.79 Å². The Morgan fingerprint density at radius 3 is 2.72 bits per heavy atom. The van der Waals surface area contributed by atoms with Crippen LogP contribution in [0.3, 0.4) is 0 Å². The molecule has 1 atom stereocenters. The van der Waals surface area contributed by atoms with Gasteiger partial charge in [0.1, 0.15) is 12.4 Å². The minimum absolute atomic E-state index is 0.0891. The van der Waals surface area contributed by atoms with Gasteiger partial charge < -0.3 is 20.1 Å². The Hall–Kier alpha value is -2.37. The molecule has 0 bridgehead atoms. The third-order valence-electron chi connectivity index (χ3n) is 4.08. The van der Waals surface area contributed by atoms with Crippen molar-refractivity contribution in [2.45, 2.75) is 25.6 Å². The lowest BCUT2D eigenvalue weighted by Crippen LogP contribution is -2.33. The molecule has 0 saturated carbocycles. The molecule has 1 heterocycles. The van der Waals surface area contributed by atoms with Crippen molar-refractivity contribution in [3.8, 4) is 5.75 Å². The number of benzene rings is 2. The Morgan fingerprint density at radius 1 is 1.12 bits per heavy atom. The molecule has 3 rings (SSSR count). The second-order valence-corrected chi connectivity index (χ2v) is 6.08. The van der Waals surface area contributed by atoms with Crippen molar-refractivity contribution in [3.63, 3.8) is 0 Å². The first-order valence-corrected chi connectivity index (χ1v) is 8.69. The minimum Gasteiger partial charge on any atom is -0.487 e. The van der Waals surface area contributed by atoms with Gasteiger partial charge in [0.15, 0.2) is 0 Å². The monoisotopic (exact) mass is 340 g/mol. The van der Waals surface area contributed by atoms with Crippen molar-refractivity contribution in [1.29, 1.82) is 0 Å². The largest absolute Gasteiger partial charge is 0.487 e. The Morgan fingerprint density at radius 2 is 1.92 bits per heavy atom. The number of carbonyl (C=O) groups excluding carboxylic acids is 1. The lowest BCUT2D eigenvalue weighted by molar-refractivity contribution is -0.115. The molecular weight excluding hydrogens is 316 g/mol. The van der Waals surface area contributed by atoms with Crippen LogP contribution in [-0.2, 0) is 16.1 Å². The average Bonchev–Trinajstić information content (AvgIpc) is 3.15. The van der Waals surface area contributed by atoms with Crippen LogP contribution in [-0.4, -0.2) is 31.7 Å². The van der Waals surface area contributed by atoms with E-state index in [9.17, 15) is 4.79 Å². The SMILES string of the molecule is O=C(CNCC1CCCO1)Nc1ccccc1OCc1ccccc1. The van der Waals surface area contributed by atoms with E-state index in [2.05, 4.69) is 10.6 Å². The summed E-state index contributed by atoms with van der Waals surface area (Å²) in [5, 5.41) is 6.05. The summed E-state index contributed by atoms with van der Waals surface area (Å²) in [4.78, 5) is 12.1. The second kappa shape index (κ2) is 9.20. The van der Waals surface area contributed by atoms with Crippen LogP contribution < -0.4 is 15.4 Å². The predicted molar refractivity (Wildman–Crippen MR) is 97.7 cm³/mol. The number of hydrogen-bond donors (Lipinski definition) is 2. The van der Waals surface area contributed by atoms with Crippen molar-refractivity contribution in [3.05, 3.63) is 60.2 Å². The molecule has 1 fully saturated rings. The summed E-state index contributed by atoms with van der Waals surface area (Å²) in [5.74, 6) is 0.576. The first-order valence-electron chi connectivity index (χ1n) is 8.69. The summed E-state index contributed by atoms with van der Waals surface area (Å²) in [6.07, 6.45) is 2.39. The number of ether oxygens (including phenoxy) is 2. The van der Waals surface area contributed by atoms with Crippen LogP contribution in [0.2, 0.25) is 0 Å². The van der Waals surface area contributed by atoms with E-state index < -0.39 is 0 Å². The molecular formula is C20H24N2O3. The van der Waals surface area contributed by atoms with Crippen molar-refractivity contribution >= 4 is 11.6 Å². The number of amides is 1. The van der Waals surface area contributed by atoms with Gasteiger partial charge in [-0.2, -0.15) is 0 Å².